The Balaban J connectivity index is 1.63. The van der Waals surface area contributed by atoms with Crippen LogP contribution in [0.1, 0.15) is 17.0 Å². The van der Waals surface area contributed by atoms with Gasteiger partial charge in [0.1, 0.15) is 5.75 Å². The van der Waals surface area contributed by atoms with E-state index in [9.17, 15) is 0 Å². The van der Waals surface area contributed by atoms with Crippen molar-refractivity contribution in [1.29, 1.82) is 0 Å². The molecule has 0 bridgehead atoms. The first-order chi connectivity index (χ1) is 11.6. The van der Waals surface area contributed by atoms with Crippen LogP contribution in [0.4, 0.5) is 0 Å². The Kier molecular flexibility index (Phi) is 4.86. The van der Waals surface area contributed by atoms with Crippen molar-refractivity contribution in [2.75, 3.05) is 14.2 Å². The number of hydrogen-bond acceptors (Lipinski definition) is 6. The fourth-order valence-corrected chi connectivity index (χ4v) is 2.45. The number of rotatable bonds is 6. The zero-order valence-electron chi connectivity index (χ0n) is 14.1. The molecule has 0 saturated heterocycles. The lowest BCUT2D eigenvalue weighted by Gasteiger charge is -2.14. The molecule has 3 rings (SSSR count). The molecule has 0 fully saturated rings. The molecule has 0 amide bonds. The van der Waals surface area contributed by atoms with E-state index in [0.29, 0.717) is 18.3 Å². The van der Waals surface area contributed by atoms with E-state index in [1.54, 1.807) is 19.5 Å². The lowest BCUT2D eigenvalue weighted by Crippen LogP contribution is -2.18. The number of pyridine rings is 1. The summed E-state index contributed by atoms with van der Waals surface area (Å²) < 4.78 is 10.5. The van der Waals surface area contributed by atoms with Gasteiger partial charge in [0.25, 0.3) is 5.89 Å². The van der Waals surface area contributed by atoms with Crippen LogP contribution in [0.25, 0.3) is 11.5 Å². The fourth-order valence-electron chi connectivity index (χ4n) is 2.45. The minimum Gasteiger partial charge on any atom is -0.497 e. The molecule has 0 N–H and O–H groups in total. The highest BCUT2D eigenvalue weighted by molar-refractivity contribution is 5.51. The first kappa shape index (κ1) is 16.1. The maximum atomic E-state index is 5.34. The van der Waals surface area contributed by atoms with Crippen LogP contribution in [0.3, 0.4) is 0 Å². The van der Waals surface area contributed by atoms with Crippen molar-refractivity contribution in [2.24, 2.45) is 0 Å². The monoisotopic (exact) mass is 324 g/mol. The number of benzene rings is 1. The molecule has 0 atom stereocenters. The van der Waals surface area contributed by atoms with E-state index in [2.05, 4.69) is 32.2 Å². The van der Waals surface area contributed by atoms with E-state index in [-0.39, 0.29) is 0 Å². The summed E-state index contributed by atoms with van der Waals surface area (Å²) in [6.45, 7) is 3.38. The molecule has 2 aromatic heterocycles. The highest BCUT2D eigenvalue weighted by Crippen LogP contribution is 2.18. The third-order valence-corrected chi connectivity index (χ3v) is 3.61. The number of hydrogen-bond donors (Lipinski definition) is 0. The van der Waals surface area contributed by atoms with Gasteiger partial charge < -0.3 is 9.26 Å². The number of aromatic nitrogens is 3. The number of ether oxygens (including phenoxy) is 1. The van der Waals surface area contributed by atoms with Crippen LogP contribution >= 0.6 is 0 Å². The summed E-state index contributed by atoms with van der Waals surface area (Å²) in [5.41, 5.74) is 3.10. The molecule has 124 valence electrons. The van der Waals surface area contributed by atoms with Crippen molar-refractivity contribution in [1.82, 2.24) is 20.0 Å². The number of methoxy groups -OCH3 is 1. The molecule has 24 heavy (non-hydrogen) atoms. The first-order valence-electron chi connectivity index (χ1n) is 7.70. The highest BCUT2D eigenvalue weighted by Gasteiger charge is 2.11. The zero-order valence-corrected chi connectivity index (χ0v) is 14.1. The van der Waals surface area contributed by atoms with E-state index in [1.165, 1.54) is 5.56 Å². The van der Waals surface area contributed by atoms with Gasteiger partial charge in [-0.05, 0) is 43.3 Å². The van der Waals surface area contributed by atoms with Gasteiger partial charge in [0.15, 0.2) is 5.82 Å². The third kappa shape index (κ3) is 3.97. The topological polar surface area (TPSA) is 64.3 Å². The lowest BCUT2D eigenvalue weighted by molar-refractivity contribution is 0.302. The quantitative estimate of drug-likeness (QED) is 0.694. The smallest absolute Gasteiger partial charge is 0.259 e. The van der Waals surface area contributed by atoms with Crippen LogP contribution in [0, 0.1) is 6.92 Å². The second-order valence-corrected chi connectivity index (χ2v) is 5.79. The minimum absolute atomic E-state index is 0.499. The van der Waals surface area contributed by atoms with Gasteiger partial charge in [-0.3, -0.25) is 9.88 Å². The maximum Gasteiger partial charge on any atom is 0.259 e. The van der Waals surface area contributed by atoms with Crippen molar-refractivity contribution in [3.63, 3.8) is 0 Å². The van der Waals surface area contributed by atoms with Crippen LogP contribution in [0.15, 0.2) is 47.2 Å². The Morgan fingerprint density at radius 2 is 1.92 bits per heavy atom. The van der Waals surface area contributed by atoms with Crippen LogP contribution in [0.2, 0.25) is 0 Å². The van der Waals surface area contributed by atoms with Crippen LogP contribution in [-0.4, -0.2) is 34.2 Å². The Bertz CT molecular complexity index is 799. The molecule has 0 aliphatic rings. The molecule has 6 heteroatoms. The summed E-state index contributed by atoms with van der Waals surface area (Å²) in [7, 11) is 3.69. The Morgan fingerprint density at radius 3 is 2.62 bits per heavy atom. The van der Waals surface area contributed by atoms with E-state index in [1.807, 2.05) is 32.2 Å². The van der Waals surface area contributed by atoms with Crippen molar-refractivity contribution in [2.45, 2.75) is 20.0 Å². The first-order valence-corrected chi connectivity index (χ1v) is 7.70. The molecule has 3 aromatic rings. The van der Waals surface area contributed by atoms with E-state index in [0.717, 1.165) is 23.4 Å². The van der Waals surface area contributed by atoms with Gasteiger partial charge in [-0.25, -0.2) is 0 Å². The van der Waals surface area contributed by atoms with Gasteiger partial charge in [0.2, 0.25) is 0 Å². The predicted octanol–water partition coefficient (Wildman–Crippen LogP) is 3.08. The predicted molar refractivity (Wildman–Crippen MR) is 90.4 cm³/mol. The van der Waals surface area contributed by atoms with E-state index >= 15 is 0 Å². The summed E-state index contributed by atoms with van der Waals surface area (Å²) in [6.07, 6.45) is 3.52. The molecule has 1 aromatic carbocycles. The van der Waals surface area contributed by atoms with Crippen LogP contribution in [0.5, 0.6) is 5.75 Å². The van der Waals surface area contributed by atoms with Crippen LogP contribution in [-0.2, 0) is 13.1 Å². The summed E-state index contributed by atoms with van der Waals surface area (Å²) in [5.74, 6) is 2.01. The van der Waals surface area contributed by atoms with Crippen LogP contribution < -0.4 is 4.74 Å². The van der Waals surface area contributed by atoms with Crippen molar-refractivity contribution in [3.8, 4) is 17.2 Å². The van der Waals surface area contributed by atoms with Gasteiger partial charge in [-0.2, -0.15) is 4.98 Å². The highest BCUT2D eigenvalue weighted by atomic mass is 16.5. The second kappa shape index (κ2) is 7.23. The average molecular weight is 324 g/mol. The van der Waals surface area contributed by atoms with E-state index < -0.39 is 0 Å². The van der Waals surface area contributed by atoms with Gasteiger partial charge >= 0.3 is 0 Å². The Labute approximate surface area is 141 Å². The van der Waals surface area contributed by atoms with Gasteiger partial charge in [0.05, 0.1) is 19.2 Å². The number of nitrogens with zero attached hydrogens (tertiary/aromatic N) is 4. The van der Waals surface area contributed by atoms with Gasteiger partial charge in [0, 0.05) is 18.9 Å². The van der Waals surface area contributed by atoms with Crippen molar-refractivity contribution < 1.29 is 9.26 Å². The zero-order chi connectivity index (χ0) is 16.9. The lowest BCUT2D eigenvalue weighted by atomic mass is 10.2. The average Bonchev–Trinajstić information content (AvgIpc) is 3.04. The van der Waals surface area contributed by atoms with Gasteiger partial charge in [-0.15, -0.1) is 0 Å². The standard InChI is InChI=1S/C18H20N4O2/c1-13-8-15(10-19-9-13)18-20-17(21-24-18)12-22(2)11-14-4-6-16(23-3)7-5-14/h4-10H,11-12H2,1-3H3. The third-order valence-electron chi connectivity index (χ3n) is 3.61. The second-order valence-electron chi connectivity index (χ2n) is 5.79. The molecule has 6 nitrogen and oxygen atoms in total. The molecule has 0 spiro atoms. The largest absolute Gasteiger partial charge is 0.497 e. The summed E-state index contributed by atoms with van der Waals surface area (Å²) in [6, 6.07) is 10.00. The molecular formula is C18H20N4O2. The molecular weight excluding hydrogens is 304 g/mol. The SMILES string of the molecule is COc1ccc(CN(C)Cc2noc(-c3cncc(C)c3)n2)cc1. The van der Waals surface area contributed by atoms with E-state index in [4.69, 9.17) is 9.26 Å². The van der Waals surface area contributed by atoms with Crippen molar-refractivity contribution in [3.05, 3.63) is 59.7 Å². The normalized spacial score (nSPS) is 11.0. The Morgan fingerprint density at radius 1 is 1.12 bits per heavy atom. The van der Waals surface area contributed by atoms with Crippen molar-refractivity contribution >= 4 is 0 Å². The summed E-state index contributed by atoms with van der Waals surface area (Å²) >= 11 is 0. The molecule has 2 heterocycles. The van der Waals surface area contributed by atoms with Gasteiger partial charge in [-0.1, -0.05) is 17.3 Å². The maximum absolute atomic E-state index is 5.34. The summed E-state index contributed by atoms with van der Waals surface area (Å²) in [5, 5.41) is 4.06. The number of aryl methyl sites for hydroxylation is 1. The minimum atomic E-state index is 0.499. The molecule has 0 saturated carbocycles. The summed E-state index contributed by atoms with van der Waals surface area (Å²) in [4.78, 5) is 10.7. The molecule has 0 unspecified atom stereocenters. The fraction of sp³-hybridized carbons (Fsp3) is 0.278. The molecule has 0 radical (unpaired) electrons. The Hall–Kier alpha value is -2.73. The molecule has 0 aliphatic carbocycles. The molecule has 0 aliphatic heterocycles.